The van der Waals surface area contributed by atoms with Crippen molar-refractivity contribution in [2.24, 2.45) is 0 Å². The first-order valence-electron chi connectivity index (χ1n) is 10.4. The van der Waals surface area contributed by atoms with E-state index in [1.807, 2.05) is 36.5 Å². The molecule has 1 aliphatic heterocycles. The van der Waals surface area contributed by atoms with Crippen LogP contribution < -0.4 is 5.32 Å². The van der Waals surface area contributed by atoms with Gasteiger partial charge in [0, 0.05) is 24.6 Å². The molecular formula is C24H22N4O3. The largest absolute Gasteiger partial charge is 0.351 e. The van der Waals surface area contributed by atoms with Crippen molar-refractivity contribution < 1.29 is 14.4 Å². The third-order valence-corrected chi connectivity index (χ3v) is 6.08. The predicted octanol–water partition coefficient (Wildman–Crippen LogP) is 2.29. The van der Waals surface area contributed by atoms with Gasteiger partial charge in [-0.05, 0) is 36.1 Å². The SMILES string of the molecule is O=C(NC1CCc2cn[nH]c2C1)C(Cc1ccccc1)N1C(=O)c2ccccc2C1=O. The van der Waals surface area contributed by atoms with Crippen LogP contribution in [0.1, 0.15) is 44.0 Å². The van der Waals surface area contributed by atoms with Crippen molar-refractivity contribution in [1.82, 2.24) is 20.4 Å². The lowest BCUT2D eigenvalue weighted by Crippen LogP contribution is -2.53. The number of aromatic nitrogens is 2. The third-order valence-electron chi connectivity index (χ3n) is 6.08. The molecule has 3 aromatic rings. The van der Waals surface area contributed by atoms with Crippen LogP contribution in [0, 0.1) is 0 Å². The molecule has 2 atom stereocenters. The average Bonchev–Trinajstić information content (AvgIpc) is 3.36. The molecule has 2 aliphatic rings. The minimum Gasteiger partial charge on any atom is -0.351 e. The third kappa shape index (κ3) is 3.52. The van der Waals surface area contributed by atoms with Gasteiger partial charge in [-0.1, -0.05) is 42.5 Å². The highest BCUT2D eigenvalue weighted by Gasteiger charge is 2.43. The zero-order valence-corrected chi connectivity index (χ0v) is 16.9. The number of nitrogens with zero attached hydrogens (tertiary/aromatic N) is 2. The molecule has 0 saturated carbocycles. The van der Waals surface area contributed by atoms with Crippen LogP contribution in [0.4, 0.5) is 0 Å². The number of aromatic amines is 1. The first-order valence-corrected chi connectivity index (χ1v) is 10.4. The first kappa shape index (κ1) is 19.2. The maximum Gasteiger partial charge on any atom is 0.262 e. The van der Waals surface area contributed by atoms with Gasteiger partial charge in [-0.15, -0.1) is 0 Å². The van der Waals surface area contributed by atoms with E-state index in [0.717, 1.165) is 29.0 Å². The van der Waals surface area contributed by atoms with Crippen molar-refractivity contribution in [1.29, 1.82) is 0 Å². The Morgan fingerprint density at radius 1 is 1.06 bits per heavy atom. The Labute approximate surface area is 179 Å². The van der Waals surface area contributed by atoms with E-state index in [9.17, 15) is 14.4 Å². The molecule has 5 rings (SSSR count). The summed E-state index contributed by atoms with van der Waals surface area (Å²) in [6, 6.07) is 15.2. The first-order chi connectivity index (χ1) is 15.1. The molecule has 1 aromatic heterocycles. The molecule has 0 radical (unpaired) electrons. The zero-order valence-electron chi connectivity index (χ0n) is 16.9. The Balaban J connectivity index is 1.42. The highest BCUT2D eigenvalue weighted by molar-refractivity contribution is 6.22. The molecule has 2 heterocycles. The Kier molecular flexibility index (Phi) is 4.86. The number of nitrogens with one attached hydrogen (secondary N) is 2. The summed E-state index contributed by atoms with van der Waals surface area (Å²) in [6.45, 7) is 0. The normalized spacial score (nSPS) is 18.5. The van der Waals surface area contributed by atoms with Crippen molar-refractivity contribution in [2.75, 3.05) is 0 Å². The molecule has 0 fully saturated rings. The summed E-state index contributed by atoms with van der Waals surface area (Å²) in [5, 5.41) is 10.2. The fraction of sp³-hybridized carbons (Fsp3) is 0.250. The number of H-pyrrole nitrogens is 1. The van der Waals surface area contributed by atoms with Crippen LogP contribution in [0.15, 0.2) is 60.8 Å². The Morgan fingerprint density at radius 3 is 2.45 bits per heavy atom. The molecule has 7 heteroatoms. The van der Waals surface area contributed by atoms with Crippen molar-refractivity contribution in [3.05, 3.63) is 88.7 Å². The lowest BCUT2D eigenvalue weighted by molar-refractivity contribution is -0.125. The summed E-state index contributed by atoms with van der Waals surface area (Å²) in [5.41, 5.74) is 3.78. The number of imide groups is 1. The minimum atomic E-state index is -0.919. The number of hydrogen-bond donors (Lipinski definition) is 2. The number of hydrogen-bond acceptors (Lipinski definition) is 4. The van der Waals surface area contributed by atoms with E-state index in [1.165, 1.54) is 5.56 Å². The summed E-state index contributed by atoms with van der Waals surface area (Å²) < 4.78 is 0. The van der Waals surface area contributed by atoms with Gasteiger partial charge in [0.25, 0.3) is 11.8 Å². The van der Waals surface area contributed by atoms with Crippen LogP contribution in [-0.4, -0.2) is 44.9 Å². The van der Waals surface area contributed by atoms with Crippen molar-refractivity contribution >= 4 is 17.7 Å². The van der Waals surface area contributed by atoms with Crippen molar-refractivity contribution in [2.45, 2.75) is 37.8 Å². The topological polar surface area (TPSA) is 95.2 Å². The fourth-order valence-electron chi connectivity index (χ4n) is 4.46. The maximum absolute atomic E-state index is 13.4. The Hall–Kier alpha value is -3.74. The summed E-state index contributed by atoms with van der Waals surface area (Å²) in [4.78, 5) is 40.7. The number of aryl methyl sites for hydroxylation is 1. The smallest absolute Gasteiger partial charge is 0.262 e. The van der Waals surface area contributed by atoms with E-state index in [4.69, 9.17) is 0 Å². The standard InChI is InChI=1S/C24H22N4O3/c29-22(26-17-11-10-16-14-25-27-20(16)13-17)21(12-15-6-2-1-3-7-15)28-23(30)18-8-4-5-9-19(18)24(28)31/h1-9,14,17,21H,10-13H2,(H,25,27)(H,26,29). The Morgan fingerprint density at radius 2 is 1.74 bits per heavy atom. The summed E-state index contributed by atoms with van der Waals surface area (Å²) in [7, 11) is 0. The van der Waals surface area contributed by atoms with Gasteiger partial charge in [0.1, 0.15) is 6.04 Å². The highest BCUT2D eigenvalue weighted by Crippen LogP contribution is 2.27. The van der Waals surface area contributed by atoms with Crippen LogP contribution in [-0.2, 0) is 24.1 Å². The molecule has 3 amide bonds. The summed E-state index contributed by atoms with van der Waals surface area (Å²) >= 11 is 0. The van der Waals surface area contributed by atoms with Crippen LogP contribution >= 0.6 is 0 Å². The number of fused-ring (bicyclic) bond motifs is 2. The van der Waals surface area contributed by atoms with Gasteiger partial charge < -0.3 is 5.32 Å². The number of amides is 3. The fourth-order valence-corrected chi connectivity index (χ4v) is 4.46. The van der Waals surface area contributed by atoms with Crippen LogP contribution in [0.2, 0.25) is 0 Å². The molecule has 0 saturated heterocycles. The van der Waals surface area contributed by atoms with Gasteiger partial charge in [-0.25, -0.2) is 0 Å². The van der Waals surface area contributed by atoms with E-state index < -0.39 is 17.9 Å². The molecule has 2 unspecified atom stereocenters. The quantitative estimate of drug-likeness (QED) is 0.626. The highest BCUT2D eigenvalue weighted by atomic mass is 16.2. The van der Waals surface area contributed by atoms with Gasteiger partial charge in [0.2, 0.25) is 5.91 Å². The van der Waals surface area contributed by atoms with Gasteiger partial charge in [0.05, 0.1) is 17.3 Å². The van der Waals surface area contributed by atoms with Gasteiger partial charge >= 0.3 is 0 Å². The van der Waals surface area contributed by atoms with E-state index in [0.29, 0.717) is 17.5 Å². The number of carbonyl (C=O) groups excluding carboxylic acids is 3. The summed E-state index contributed by atoms with van der Waals surface area (Å²) in [6.07, 6.45) is 4.36. The van der Waals surface area contributed by atoms with Crippen molar-refractivity contribution in [3.8, 4) is 0 Å². The lowest BCUT2D eigenvalue weighted by Gasteiger charge is -2.29. The number of benzene rings is 2. The molecule has 31 heavy (non-hydrogen) atoms. The molecule has 2 aromatic carbocycles. The second-order valence-electron chi connectivity index (χ2n) is 8.05. The van der Waals surface area contributed by atoms with Gasteiger partial charge in [-0.3, -0.25) is 24.4 Å². The van der Waals surface area contributed by atoms with E-state index in [-0.39, 0.29) is 18.4 Å². The second kappa shape index (κ2) is 7.83. The molecule has 0 spiro atoms. The second-order valence-corrected chi connectivity index (χ2v) is 8.05. The molecule has 2 N–H and O–H groups in total. The molecule has 1 aliphatic carbocycles. The Bertz CT molecular complexity index is 1120. The van der Waals surface area contributed by atoms with Gasteiger partial charge in [0.15, 0.2) is 0 Å². The van der Waals surface area contributed by atoms with Crippen LogP contribution in [0.25, 0.3) is 0 Å². The summed E-state index contributed by atoms with van der Waals surface area (Å²) in [5.74, 6) is -1.15. The van der Waals surface area contributed by atoms with E-state index >= 15 is 0 Å². The predicted molar refractivity (Wildman–Crippen MR) is 113 cm³/mol. The molecule has 7 nitrogen and oxygen atoms in total. The van der Waals surface area contributed by atoms with E-state index in [1.54, 1.807) is 24.3 Å². The van der Waals surface area contributed by atoms with Crippen molar-refractivity contribution in [3.63, 3.8) is 0 Å². The van der Waals surface area contributed by atoms with E-state index in [2.05, 4.69) is 15.5 Å². The monoisotopic (exact) mass is 414 g/mol. The zero-order chi connectivity index (χ0) is 21.4. The number of rotatable bonds is 5. The average molecular weight is 414 g/mol. The molecule has 0 bridgehead atoms. The van der Waals surface area contributed by atoms with Crippen LogP contribution in [0.5, 0.6) is 0 Å². The maximum atomic E-state index is 13.4. The molecule has 156 valence electrons. The van der Waals surface area contributed by atoms with Crippen LogP contribution in [0.3, 0.4) is 0 Å². The lowest BCUT2D eigenvalue weighted by atomic mass is 9.93. The number of carbonyl (C=O) groups is 3. The van der Waals surface area contributed by atoms with Gasteiger partial charge in [-0.2, -0.15) is 5.10 Å². The molecular weight excluding hydrogens is 392 g/mol. The minimum absolute atomic E-state index is 0.0751.